The highest BCUT2D eigenvalue weighted by Gasteiger charge is 2.75. The molecule has 9 atom stereocenters. The molecule has 0 saturated heterocycles. The van der Waals surface area contributed by atoms with E-state index >= 15 is 0 Å². The van der Waals surface area contributed by atoms with Gasteiger partial charge in [0, 0.05) is 24.7 Å². The van der Waals surface area contributed by atoms with Crippen LogP contribution in [0.2, 0.25) is 0 Å². The zero-order valence-electron chi connectivity index (χ0n) is 25.3. The maximum absolute atomic E-state index is 14.4. The average Bonchev–Trinajstić information content (AvgIpc) is 3.03. The van der Waals surface area contributed by atoms with Crippen LogP contribution in [0.25, 0.3) is 0 Å². The van der Waals surface area contributed by atoms with Crippen molar-refractivity contribution in [3.8, 4) is 0 Å². The van der Waals surface area contributed by atoms with Crippen molar-refractivity contribution in [2.24, 2.45) is 39.4 Å². The van der Waals surface area contributed by atoms with Crippen molar-refractivity contribution in [2.75, 3.05) is 6.61 Å². The molecule has 0 unspecified atom stereocenters. The van der Waals surface area contributed by atoms with Gasteiger partial charge in [0.1, 0.15) is 17.0 Å². The summed E-state index contributed by atoms with van der Waals surface area (Å²) in [5, 5.41) is 45.1. The molecule has 4 rings (SSSR count). The molecule has 0 aliphatic heterocycles. The van der Waals surface area contributed by atoms with Gasteiger partial charge in [0.2, 0.25) is 0 Å². The summed E-state index contributed by atoms with van der Waals surface area (Å²) >= 11 is 0. The Balaban J connectivity index is 1.76. The molecule has 4 N–H and O–H groups in total. The zero-order chi connectivity index (χ0) is 30.3. The predicted octanol–water partition coefficient (Wildman–Crippen LogP) is 3.29. The predicted molar refractivity (Wildman–Crippen MR) is 149 cm³/mol. The number of ether oxygens (including phenoxy) is 1. The molecular formula is C32H48O8. The Morgan fingerprint density at radius 3 is 2.30 bits per heavy atom. The van der Waals surface area contributed by atoms with Gasteiger partial charge in [-0.25, -0.2) is 0 Å². The first kappa shape index (κ1) is 31.1. The fraction of sp³-hybridized carbons (Fsp3) is 0.781. The minimum atomic E-state index is -2.00. The standard InChI is InChI=1S/C32H48O8/c1-18(34)40-27(2,3)14-13-24(37)31(8,39)26-21(35)15-29(6)22-11-9-19-20(10-12-23(36)28(19,4)5)32(22,17-33)25(38)16-30(26,29)7/h9,13-14,20-23,26,33,35-36,39H,10-12,15-17H2,1-8H3/b14-13+/t20-,21-,22+,23+,26+,29+,30-,31-,32-/m1/s1. The summed E-state index contributed by atoms with van der Waals surface area (Å²) < 4.78 is 5.23. The molecule has 0 amide bonds. The number of hydrogen-bond donors (Lipinski definition) is 4. The van der Waals surface area contributed by atoms with Gasteiger partial charge in [-0.3, -0.25) is 14.4 Å². The summed E-state index contributed by atoms with van der Waals surface area (Å²) in [4.78, 5) is 39.3. The van der Waals surface area contributed by atoms with E-state index in [-0.39, 0.29) is 37.1 Å². The van der Waals surface area contributed by atoms with Gasteiger partial charge in [-0.1, -0.05) is 39.3 Å². The second-order valence-corrected chi connectivity index (χ2v) is 14.7. The molecule has 0 radical (unpaired) electrons. The van der Waals surface area contributed by atoms with E-state index in [2.05, 4.69) is 6.08 Å². The lowest BCUT2D eigenvalue weighted by Crippen LogP contribution is -2.66. The van der Waals surface area contributed by atoms with E-state index in [1.807, 2.05) is 27.7 Å². The van der Waals surface area contributed by atoms with Crippen molar-refractivity contribution < 1.29 is 39.5 Å². The molecule has 8 nitrogen and oxygen atoms in total. The third-order valence-corrected chi connectivity index (χ3v) is 11.7. The minimum Gasteiger partial charge on any atom is -0.456 e. The molecule has 0 aromatic heterocycles. The van der Waals surface area contributed by atoms with Crippen LogP contribution in [-0.2, 0) is 19.1 Å². The SMILES string of the molecule is CC(=O)OC(C)(C)/C=C/C(=O)[C@@](C)(O)[C@H]1[C@H](O)C[C@@]2(C)[C@@H]3CC=C4[C@@H](CC[C@H](O)C4(C)C)[C@@]3(CO)C(=O)C[C@]12C. The van der Waals surface area contributed by atoms with E-state index in [0.717, 1.165) is 5.57 Å². The van der Waals surface area contributed by atoms with E-state index in [1.165, 1.54) is 26.0 Å². The summed E-state index contributed by atoms with van der Waals surface area (Å²) in [6, 6.07) is 0. The van der Waals surface area contributed by atoms with Gasteiger partial charge in [0.25, 0.3) is 0 Å². The smallest absolute Gasteiger partial charge is 0.303 e. The molecule has 0 heterocycles. The fourth-order valence-electron chi connectivity index (χ4n) is 9.56. The number of Topliss-reactive ketones (excluding diaryl/α,β-unsaturated/α-hetero) is 1. The van der Waals surface area contributed by atoms with Crippen LogP contribution < -0.4 is 0 Å². The molecule has 0 aromatic carbocycles. The maximum Gasteiger partial charge on any atom is 0.303 e. The molecule has 3 saturated carbocycles. The first-order chi connectivity index (χ1) is 18.2. The first-order valence-corrected chi connectivity index (χ1v) is 14.6. The van der Waals surface area contributed by atoms with Crippen molar-refractivity contribution in [2.45, 2.75) is 111 Å². The van der Waals surface area contributed by atoms with Crippen LogP contribution in [0.1, 0.15) is 87.5 Å². The normalized spacial score (nSPS) is 42.4. The first-order valence-electron chi connectivity index (χ1n) is 14.6. The third-order valence-electron chi connectivity index (χ3n) is 11.7. The lowest BCUT2D eigenvalue weighted by Gasteiger charge is -2.65. The molecular weight excluding hydrogens is 512 g/mol. The number of carbonyl (C=O) groups excluding carboxylic acids is 3. The fourth-order valence-corrected chi connectivity index (χ4v) is 9.56. The van der Waals surface area contributed by atoms with Crippen LogP contribution in [0.4, 0.5) is 0 Å². The molecule has 0 spiro atoms. The molecule has 40 heavy (non-hydrogen) atoms. The average molecular weight is 561 g/mol. The van der Waals surface area contributed by atoms with Crippen LogP contribution in [0.3, 0.4) is 0 Å². The number of allylic oxidation sites excluding steroid dienone is 1. The molecule has 0 bridgehead atoms. The van der Waals surface area contributed by atoms with Gasteiger partial charge in [-0.15, -0.1) is 0 Å². The van der Waals surface area contributed by atoms with Gasteiger partial charge >= 0.3 is 5.97 Å². The summed E-state index contributed by atoms with van der Waals surface area (Å²) in [5.74, 6) is -2.70. The van der Waals surface area contributed by atoms with Crippen molar-refractivity contribution >= 4 is 17.5 Å². The van der Waals surface area contributed by atoms with Crippen LogP contribution in [0.5, 0.6) is 0 Å². The molecule has 224 valence electrons. The highest BCUT2D eigenvalue weighted by atomic mass is 16.6. The quantitative estimate of drug-likeness (QED) is 0.220. The number of aliphatic hydroxyl groups excluding tert-OH is 3. The second-order valence-electron chi connectivity index (χ2n) is 14.7. The highest BCUT2D eigenvalue weighted by Crippen LogP contribution is 2.74. The van der Waals surface area contributed by atoms with Gasteiger partial charge in [-0.05, 0) is 81.3 Å². The number of carbonyl (C=O) groups is 3. The highest BCUT2D eigenvalue weighted by molar-refractivity contribution is 5.97. The summed E-state index contributed by atoms with van der Waals surface area (Å²) in [6.45, 7) is 13.5. The summed E-state index contributed by atoms with van der Waals surface area (Å²) in [6.07, 6.45) is 5.10. The Hall–Kier alpha value is -1.87. The lowest BCUT2D eigenvalue weighted by molar-refractivity contribution is -0.191. The van der Waals surface area contributed by atoms with Crippen LogP contribution in [0, 0.1) is 39.4 Å². The van der Waals surface area contributed by atoms with Crippen LogP contribution >= 0.6 is 0 Å². The van der Waals surface area contributed by atoms with Crippen molar-refractivity contribution in [3.63, 3.8) is 0 Å². The van der Waals surface area contributed by atoms with Crippen molar-refractivity contribution in [1.82, 2.24) is 0 Å². The lowest BCUT2D eigenvalue weighted by atomic mass is 9.38. The number of ketones is 2. The topological polar surface area (TPSA) is 141 Å². The van der Waals surface area contributed by atoms with Crippen LogP contribution in [0.15, 0.2) is 23.8 Å². The number of esters is 1. The maximum atomic E-state index is 14.4. The largest absolute Gasteiger partial charge is 0.456 e. The third kappa shape index (κ3) is 4.19. The van der Waals surface area contributed by atoms with E-state index in [1.54, 1.807) is 13.8 Å². The Bertz CT molecular complexity index is 1150. The van der Waals surface area contributed by atoms with Gasteiger partial charge in [0.05, 0.1) is 24.2 Å². The monoisotopic (exact) mass is 560 g/mol. The number of rotatable bonds is 6. The van der Waals surface area contributed by atoms with Crippen molar-refractivity contribution in [1.29, 1.82) is 0 Å². The zero-order valence-corrected chi connectivity index (χ0v) is 25.3. The van der Waals surface area contributed by atoms with Crippen molar-refractivity contribution in [3.05, 3.63) is 23.8 Å². The van der Waals surface area contributed by atoms with Gasteiger partial charge < -0.3 is 25.2 Å². The molecule has 3 fully saturated rings. The number of hydrogen-bond acceptors (Lipinski definition) is 8. The van der Waals surface area contributed by atoms with E-state index in [4.69, 9.17) is 4.74 Å². The van der Waals surface area contributed by atoms with Gasteiger partial charge in [-0.2, -0.15) is 0 Å². The Labute approximate surface area is 237 Å². The van der Waals surface area contributed by atoms with Gasteiger partial charge in [0.15, 0.2) is 5.78 Å². The Morgan fingerprint density at radius 1 is 1.10 bits per heavy atom. The Morgan fingerprint density at radius 2 is 1.73 bits per heavy atom. The van der Waals surface area contributed by atoms with E-state index in [9.17, 15) is 34.8 Å². The van der Waals surface area contributed by atoms with E-state index < -0.39 is 62.7 Å². The summed E-state index contributed by atoms with van der Waals surface area (Å²) in [7, 11) is 0. The van der Waals surface area contributed by atoms with Crippen LogP contribution in [-0.4, -0.2) is 68.0 Å². The molecule has 8 heteroatoms. The number of fused-ring (bicyclic) bond motifs is 5. The van der Waals surface area contributed by atoms with E-state index in [0.29, 0.717) is 19.3 Å². The Kier molecular flexibility index (Phi) is 7.44. The minimum absolute atomic E-state index is 0.0150. The number of aliphatic hydroxyl groups is 4. The second kappa shape index (κ2) is 9.58. The molecule has 4 aliphatic carbocycles. The molecule has 4 aliphatic rings. The summed E-state index contributed by atoms with van der Waals surface area (Å²) in [5.41, 5.74) is -5.21. The molecule has 0 aromatic rings.